The lowest BCUT2D eigenvalue weighted by Crippen LogP contribution is -2.21. The van der Waals surface area contributed by atoms with E-state index >= 15 is 0 Å². The molecule has 0 amide bonds. The van der Waals surface area contributed by atoms with Crippen molar-refractivity contribution in [1.29, 1.82) is 0 Å². The summed E-state index contributed by atoms with van der Waals surface area (Å²) >= 11 is 0. The van der Waals surface area contributed by atoms with E-state index < -0.39 is 9.84 Å². The second-order valence-corrected chi connectivity index (χ2v) is 5.91. The van der Waals surface area contributed by atoms with Crippen molar-refractivity contribution in [3.8, 4) is 0 Å². The zero-order valence-corrected chi connectivity index (χ0v) is 8.20. The molecule has 1 aliphatic heterocycles. The van der Waals surface area contributed by atoms with Gasteiger partial charge in [-0.05, 0) is 25.0 Å². The largest absolute Gasteiger partial charge is 0.353 e. The summed E-state index contributed by atoms with van der Waals surface area (Å²) in [6, 6.07) is 3.84. The molecule has 2 rings (SSSR count). The minimum absolute atomic E-state index is 0.153. The first kappa shape index (κ1) is 8.81. The molecule has 0 saturated carbocycles. The molecule has 1 atom stereocenters. The van der Waals surface area contributed by atoms with Gasteiger partial charge in [0.15, 0.2) is 9.84 Å². The third kappa shape index (κ3) is 1.77. The van der Waals surface area contributed by atoms with E-state index in [4.69, 9.17) is 0 Å². The molecular weight excluding hydrogens is 186 g/mol. The second kappa shape index (κ2) is 3.18. The Morgan fingerprint density at radius 1 is 1.31 bits per heavy atom. The first-order valence-corrected chi connectivity index (χ1v) is 6.22. The highest BCUT2D eigenvalue weighted by Crippen LogP contribution is 2.21. The Kier molecular flexibility index (Phi) is 2.15. The van der Waals surface area contributed by atoms with E-state index in [0.717, 1.165) is 12.8 Å². The van der Waals surface area contributed by atoms with Crippen LogP contribution in [0.1, 0.15) is 12.8 Å². The van der Waals surface area contributed by atoms with E-state index in [-0.39, 0.29) is 5.25 Å². The summed E-state index contributed by atoms with van der Waals surface area (Å²) in [5.74, 6) is 0.374. The second-order valence-electron chi connectivity index (χ2n) is 3.51. The summed E-state index contributed by atoms with van der Waals surface area (Å²) in [6.45, 7) is 0.620. The van der Waals surface area contributed by atoms with E-state index in [1.165, 1.54) is 0 Å². The summed E-state index contributed by atoms with van der Waals surface area (Å²) in [5, 5.41) is -0.153. The van der Waals surface area contributed by atoms with Crippen molar-refractivity contribution >= 4 is 9.84 Å². The Hall–Kier alpha value is -0.770. The van der Waals surface area contributed by atoms with Crippen LogP contribution in [0.25, 0.3) is 0 Å². The third-order valence-electron chi connectivity index (χ3n) is 2.54. The fraction of sp³-hybridized carbons (Fsp3) is 0.556. The molecule has 1 aliphatic rings. The molecule has 1 aromatic heterocycles. The average molecular weight is 199 g/mol. The van der Waals surface area contributed by atoms with Crippen LogP contribution in [0.5, 0.6) is 0 Å². The van der Waals surface area contributed by atoms with Crippen molar-refractivity contribution in [2.24, 2.45) is 0 Å². The van der Waals surface area contributed by atoms with Gasteiger partial charge in [-0.1, -0.05) is 0 Å². The molecule has 0 radical (unpaired) electrons. The van der Waals surface area contributed by atoms with Gasteiger partial charge in [-0.15, -0.1) is 0 Å². The van der Waals surface area contributed by atoms with Gasteiger partial charge in [-0.25, -0.2) is 8.42 Å². The van der Waals surface area contributed by atoms with Gasteiger partial charge in [0.1, 0.15) is 0 Å². The van der Waals surface area contributed by atoms with Crippen LogP contribution in [-0.2, 0) is 16.4 Å². The van der Waals surface area contributed by atoms with Gasteiger partial charge in [0.05, 0.1) is 11.0 Å². The fourth-order valence-corrected chi connectivity index (χ4v) is 3.62. The molecule has 0 spiro atoms. The van der Waals surface area contributed by atoms with E-state index in [1.807, 2.05) is 29.1 Å². The van der Waals surface area contributed by atoms with Gasteiger partial charge >= 0.3 is 0 Å². The summed E-state index contributed by atoms with van der Waals surface area (Å²) in [5.41, 5.74) is 0. The number of sulfone groups is 1. The Morgan fingerprint density at radius 2 is 2.00 bits per heavy atom. The summed E-state index contributed by atoms with van der Waals surface area (Å²) in [4.78, 5) is 0. The van der Waals surface area contributed by atoms with Crippen LogP contribution >= 0.6 is 0 Å². The Bertz CT molecular complexity index is 366. The topological polar surface area (TPSA) is 39.1 Å². The first-order valence-electron chi connectivity index (χ1n) is 4.51. The van der Waals surface area contributed by atoms with Gasteiger partial charge in [-0.3, -0.25) is 0 Å². The Morgan fingerprint density at radius 3 is 2.54 bits per heavy atom. The summed E-state index contributed by atoms with van der Waals surface area (Å²) < 4.78 is 24.9. The van der Waals surface area contributed by atoms with Crippen LogP contribution in [0.15, 0.2) is 24.5 Å². The molecular formula is C9H13NO2S. The maximum atomic E-state index is 11.5. The Balaban J connectivity index is 2.11. The van der Waals surface area contributed by atoms with E-state index in [0.29, 0.717) is 12.3 Å². The van der Waals surface area contributed by atoms with E-state index in [2.05, 4.69) is 0 Å². The lowest BCUT2D eigenvalue weighted by atomic mass is 10.2. The average Bonchev–Trinajstić information content (AvgIpc) is 2.63. The van der Waals surface area contributed by atoms with Crippen molar-refractivity contribution in [1.82, 2.24) is 4.57 Å². The monoisotopic (exact) mass is 199 g/mol. The van der Waals surface area contributed by atoms with Crippen LogP contribution in [0.4, 0.5) is 0 Å². The zero-order chi connectivity index (χ0) is 9.31. The van der Waals surface area contributed by atoms with Crippen LogP contribution in [0.3, 0.4) is 0 Å². The van der Waals surface area contributed by atoms with Gasteiger partial charge < -0.3 is 4.57 Å². The summed E-state index contributed by atoms with van der Waals surface area (Å²) in [7, 11) is -2.78. The molecule has 13 heavy (non-hydrogen) atoms. The van der Waals surface area contributed by atoms with Crippen molar-refractivity contribution in [3.63, 3.8) is 0 Å². The molecule has 1 saturated heterocycles. The van der Waals surface area contributed by atoms with Crippen molar-refractivity contribution in [2.75, 3.05) is 5.75 Å². The Labute approximate surface area is 78.3 Å². The molecule has 72 valence electrons. The molecule has 1 aromatic rings. The van der Waals surface area contributed by atoms with Gasteiger partial charge in [-0.2, -0.15) is 0 Å². The van der Waals surface area contributed by atoms with Crippen LogP contribution in [0.2, 0.25) is 0 Å². The molecule has 4 heteroatoms. The molecule has 1 unspecified atom stereocenters. The minimum Gasteiger partial charge on any atom is -0.353 e. The molecule has 0 N–H and O–H groups in total. The fourth-order valence-electron chi connectivity index (χ4n) is 1.79. The highest BCUT2D eigenvalue weighted by molar-refractivity contribution is 7.92. The standard InChI is InChI=1S/C9H13NO2S/c11-13(12)7-3-4-9(13)8-10-5-1-2-6-10/h1-2,5-6,9H,3-4,7-8H2. The normalized spacial score (nSPS) is 26.3. The molecule has 2 heterocycles. The maximum absolute atomic E-state index is 11.5. The predicted molar refractivity (Wildman–Crippen MR) is 51.2 cm³/mol. The number of hydrogen-bond acceptors (Lipinski definition) is 2. The van der Waals surface area contributed by atoms with Crippen LogP contribution in [0, 0.1) is 0 Å². The van der Waals surface area contributed by atoms with Gasteiger partial charge in [0.25, 0.3) is 0 Å². The smallest absolute Gasteiger partial charge is 0.154 e. The lowest BCUT2D eigenvalue weighted by molar-refractivity contribution is 0.567. The van der Waals surface area contributed by atoms with Crippen molar-refractivity contribution < 1.29 is 8.42 Å². The maximum Gasteiger partial charge on any atom is 0.154 e. The zero-order valence-electron chi connectivity index (χ0n) is 7.39. The predicted octanol–water partition coefficient (Wildman–Crippen LogP) is 1.07. The number of hydrogen-bond donors (Lipinski definition) is 0. The highest BCUT2D eigenvalue weighted by Gasteiger charge is 2.30. The molecule has 0 aromatic carbocycles. The first-order chi connectivity index (χ1) is 6.18. The number of nitrogens with zero attached hydrogens (tertiary/aromatic N) is 1. The number of rotatable bonds is 2. The van der Waals surface area contributed by atoms with Gasteiger partial charge in [0, 0.05) is 18.9 Å². The van der Waals surface area contributed by atoms with Crippen molar-refractivity contribution in [3.05, 3.63) is 24.5 Å². The molecule has 3 nitrogen and oxygen atoms in total. The molecule has 0 bridgehead atoms. The van der Waals surface area contributed by atoms with Crippen LogP contribution < -0.4 is 0 Å². The van der Waals surface area contributed by atoms with Crippen LogP contribution in [-0.4, -0.2) is 24.0 Å². The quantitative estimate of drug-likeness (QED) is 0.714. The molecule has 0 aliphatic carbocycles. The van der Waals surface area contributed by atoms with E-state index in [1.54, 1.807) is 0 Å². The lowest BCUT2D eigenvalue weighted by Gasteiger charge is -2.09. The van der Waals surface area contributed by atoms with E-state index in [9.17, 15) is 8.42 Å². The third-order valence-corrected chi connectivity index (χ3v) is 4.80. The van der Waals surface area contributed by atoms with Crippen molar-refractivity contribution in [2.45, 2.75) is 24.6 Å². The highest BCUT2D eigenvalue weighted by atomic mass is 32.2. The minimum atomic E-state index is -2.78. The summed E-state index contributed by atoms with van der Waals surface area (Å²) in [6.07, 6.45) is 5.47. The SMILES string of the molecule is O=S1(=O)CCCC1Cn1cccc1. The molecule has 1 fully saturated rings. The number of aromatic nitrogens is 1. The van der Waals surface area contributed by atoms with Gasteiger partial charge in [0.2, 0.25) is 0 Å².